The summed E-state index contributed by atoms with van der Waals surface area (Å²) >= 11 is 7.45. The third kappa shape index (κ3) is 4.93. The van der Waals surface area contributed by atoms with Crippen LogP contribution in [0.15, 0.2) is 53.4 Å². The highest BCUT2D eigenvalue weighted by molar-refractivity contribution is 14.1. The Hall–Kier alpha value is -1.65. The number of sulfonamides is 1. The van der Waals surface area contributed by atoms with E-state index in [9.17, 15) is 18.0 Å². The molecule has 2 rings (SSSR count). The number of anilines is 2. The number of amides is 1. The minimum atomic E-state index is -4.01. The summed E-state index contributed by atoms with van der Waals surface area (Å²) in [5.41, 5.74) is 0.837. The molecule has 0 atom stereocenters. The Morgan fingerprint density at radius 2 is 1.72 bits per heavy atom. The van der Waals surface area contributed by atoms with E-state index in [2.05, 4.69) is 5.32 Å². The van der Waals surface area contributed by atoms with E-state index in [0.717, 1.165) is 4.31 Å². The molecule has 2 aromatic rings. The lowest BCUT2D eigenvalue weighted by molar-refractivity contribution is -0.114. The van der Waals surface area contributed by atoms with E-state index in [4.69, 9.17) is 11.6 Å². The molecule has 0 aliphatic carbocycles. The van der Waals surface area contributed by atoms with E-state index in [1.165, 1.54) is 31.2 Å². The van der Waals surface area contributed by atoms with Gasteiger partial charge in [0.2, 0.25) is 11.1 Å². The molecule has 0 radical (unpaired) electrons. The Balaban J connectivity index is 2.46. The first-order valence-corrected chi connectivity index (χ1v) is 9.95. The number of rotatable bonds is 6. The number of carbonyl (C=O) groups excluding carboxylic acids is 2. The SMILES string of the molecule is CC(=O)Nc1ccc(S(=O)(=O)N(CC(=O)Cl)c2ccccc2I)cc1. The normalized spacial score (nSPS) is 11.0. The van der Waals surface area contributed by atoms with Crippen LogP contribution in [0.4, 0.5) is 11.4 Å². The lowest BCUT2D eigenvalue weighted by Crippen LogP contribution is -2.35. The topological polar surface area (TPSA) is 83.6 Å². The van der Waals surface area contributed by atoms with Crippen molar-refractivity contribution in [3.05, 3.63) is 52.1 Å². The molecule has 132 valence electrons. The Labute approximate surface area is 164 Å². The largest absolute Gasteiger partial charge is 0.326 e. The quantitative estimate of drug-likeness (QED) is 0.496. The summed E-state index contributed by atoms with van der Waals surface area (Å²) in [5, 5.41) is 1.77. The second-order valence-electron chi connectivity index (χ2n) is 5.02. The van der Waals surface area contributed by atoms with Crippen molar-refractivity contribution in [1.82, 2.24) is 0 Å². The van der Waals surface area contributed by atoms with Crippen molar-refractivity contribution in [1.29, 1.82) is 0 Å². The number of halogens is 2. The smallest absolute Gasteiger partial charge is 0.264 e. The van der Waals surface area contributed by atoms with Gasteiger partial charge in [-0.15, -0.1) is 0 Å². The Morgan fingerprint density at radius 1 is 1.12 bits per heavy atom. The summed E-state index contributed by atoms with van der Waals surface area (Å²) in [6.45, 7) is 0.868. The molecule has 0 aromatic heterocycles. The van der Waals surface area contributed by atoms with Crippen LogP contribution >= 0.6 is 34.2 Å². The standard InChI is InChI=1S/C16H14ClIN2O4S/c1-11(21)19-12-6-8-13(9-7-12)25(23,24)20(10-16(17)22)15-5-3-2-4-14(15)18/h2-9H,10H2,1H3,(H,19,21). The number of nitrogens with one attached hydrogen (secondary N) is 1. The zero-order chi connectivity index (χ0) is 18.6. The van der Waals surface area contributed by atoms with Gasteiger partial charge in [-0.2, -0.15) is 0 Å². The maximum absolute atomic E-state index is 13.0. The molecular formula is C16H14ClIN2O4S. The van der Waals surface area contributed by atoms with Crippen molar-refractivity contribution in [2.75, 3.05) is 16.2 Å². The highest BCUT2D eigenvalue weighted by Gasteiger charge is 2.28. The summed E-state index contributed by atoms with van der Waals surface area (Å²) in [6.07, 6.45) is 0. The maximum atomic E-state index is 13.0. The third-order valence-electron chi connectivity index (χ3n) is 3.15. The van der Waals surface area contributed by atoms with Gasteiger partial charge in [-0.25, -0.2) is 8.42 Å². The molecule has 0 heterocycles. The lowest BCUT2D eigenvalue weighted by Gasteiger charge is -2.24. The lowest BCUT2D eigenvalue weighted by atomic mass is 10.3. The van der Waals surface area contributed by atoms with Gasteiger partial charge >= 0.3 is 0 Å². The maximum Gasteiger partial charge on any atom is 0.264 e. The molecule has 25 heavy (non-hydrogen) atoms. The number of benzene rings is 2. The summed E-state index contributed by atoms with van der Waals surface area (Å²) in [5.74, 6) is -0.260. The van der Waals surface area contributed by atoms with Gasteiger partial charge < -0.3 is 5.32 Å². The zero-order valence-electron chi connectivity index (χ0n) is 13.1. The summed E-state index contributed by atoms with van der Waals surface area (Å²) in [6, 6.07) is 12.5. The summed E-state index contributed by atoms with van der Waals surface area (Å²) < 4.78 is 27.6. The van der Waals surface area contributed by atoms with Gasteiger partial charge in [0.15, 0.2) is 0 Å². The van der Waals surface area contributed by atoms with Crippen molar-refractivity contribution in [3.63, 3.8) is 0 Å². The summed E-state index contributed by atoms with van der Waals surface area (Å²) in [7, 11) is -4.01. The van der Waals surface area contributed by atoms with Crippen LogP contribution in [-0.2, 0) is 19.6 Å². The Bertz CT molecular complexity index is 901. The molecule has 0 bridgehead atoms. The van der Waals surface area contributed by atoms with Gasteiger partial charge in [-0.3, -0.25) is 13.9 Å². The molecule has 1 amide bonds. The van der Waals surface area contributed by atoms with Crippen LogP contribution in [-0.4, -0.2) is 26.1 Å². The van der Waals surface area contributed by atoms with E-state index in [1.807, 2.05) is 22.6 Å². The van der Waals surface area contributed by atoms with Crippen LogP contribution in [0.25, 0.3) is 0 Å². The average molecular weight is 493 g/mol. The molecule has 0 spiro atoms. The molecule has 2 aromatic carbocycles. The molecule has 0 saturated heterocycles. The first-order valence-electron chi connectivity index (χ1n) is 7.05. The fourth-order valence-corrected chi connectivity index (χ4v) is 4.58. The molecule has 9 heteroatoms. The van der Waals surface area contributed by atoms with Crippen LogP contribution in [0.3, 0.4) is 0 Å². The van der Waals surface area contributed by atoms with Crippen LogP contribution in [0.2, 0.25) is 0 Å². The Morgan fingerprint density at radius 3 is 2.24 bits per heavy atom. The Kier molecular flexibility index (Phi) is 6.42. The second kappa shape index (κ2) is 8.15. The first-order chi connectivity index (χ1) is 11.7. The number of hydrogen-bond donors (Lipinski definition) is 1. The fourth-order valence-electron chi connectivity index (χ4n) is 2.11. The third-order valence-corrected chi connectivity index (χ3v) is 5.96. The molecule has 6 nitrogen and oxygen atoms in total. The first kappa shape index (κ1) is 19.7. The van der Waals surface area contributed by atoms with Crippen LogP contribution in [0, 0.1) is 3.57 Å². The van der Waals surface area contributed by atoms with E-state index >= 15 is 0 Å². The van der Waals surface area contributed by atoms with Crippen molar-refractivity contribution < 1.29 is 18.0 Å². The molecule has 0 unspecified atom stereocenters. The highest BCUT2D eigenvalue weighted by Crippen LogP contribution is 2.28. The van der Waals surface area contributed by atoms with Gasteiger partial charge in [0.1, 0.15) is 6.54 Å². The summed E-state index contributed by atoms with van der Waals surface area (Å²) in [4.78, 5) is 22.4. The molecule has 0 saturated carbocycles. The monoisotopic (exact) mass is 492 g/mol. The molecular weight excluding hydrogens is 479 g/mol. The second-order valence-corrected chi connectivity index (χ2v) is 8.47. The number of para-hydroxylation sites is 1. The molecule has 0 fully saturated rings. The van der Waals surface area contributed by atoms with E-state index in [-0.39, 0.29) is 10.8 Å². The van der Waals surface area contributed by atoms with Crippen LogP contribution < -0.4 is 9.62 Å². The van der Waals surface area contributed by atoms with Gasteiger partial charge in [0, 0.05) is 16.2 Å². The fraction of sp³-hybridized carbons (Fsp3) is 0.125. The number of nitrogens with zero attached hydrogens (tertiary/aromatic N) is 1. The zero-order valence-corrected chi connectivity index (χ0v) is 16.8. The predicted octanol–water partition coefficient (Wildman–Crippen LogP) is 3.21. The average Bonchev–Trinajstić information content (AvgIpc) is 2.53. The van der Waals surface area contributed by atoms with Gasteiger partial charge in [0.25, 0.3) is 10.0 Å². The van der Waals surface area contributed by atoms with Gasteiger partial charge in [-0.05, 0) is 70.6 Å². The molecule has 0 aliphatic heterocycles. The molecule has 0 aliphatic rings. The van der Waals surface area contributed by atoms with Gasteiger partial charge in [0.05, 0.1) is 10.6 Å². The van der Waals surface area contributed by atoms with Crippen LogP contribution in [0.1, 0.15) is 6.92 Å². The minimum absolute atomic E-state index is 0.0147. The highest BCUT2D eigenvalue weighted by atomic mass is 127. The van der Waals surface area contributed by atoms with Gasteiger partial charge in [-0.1, -0.05) is 12.1 Å². The van der Waals surface area contributed by atoms with Crippen molar-refractivity contribution in [2.45, 2.75) is 11.8 Å². The number of hydrogen-bond acceptors (Lipinski definition) is 4. The van der Waals surface area contributed by atoms with Crippen molar-refractivity contribution >= 4 is 66.7 Å². The van der Waals surface area contributed by atoms with Crippen molar-refractivity contribution in [2.24, 2.45) is 0 Å². The van der Waals surface area contributed by atoms with E-state index in [0.29, 0.717) is 14.9 Å². The predicted molar refractivity (Wildman–Crippen MR) is 105 cm³/mol. The molecule has 1 N–H and O–H groups in total. The van der Waals surface area contributed by atoms with Crippen molar-refractivity contribution in [3.8, 4) is 0 Å². The number of carbonyl (C=O) groups is 2. The van der Waals surface area contributed by atoms with Crippen LogP contribution in [0.5, 0.6) is 0 Å². The van der Waals surface area contributed by atoms with E-state index in [1.54, 1.807) is 24.3 Å². The minimum Gasteiger partial charge on any atom is -0.326 e. The van der Waals surface area contributed by atoms with E-state index < -0.39 is 21.8 Å².